The van der Waals surface area contributed by atoms with Crippen LogP contribution in [-0.2, 0) is 9.59 Å². The first-order valence-electron chi connectivity index (χ1n) is 9.68. The van der Waals surface area contributed by atoms with Crippen LogP contribution in [0.25, 0.3) is 0 Å². The summed E-state index contributed by atoms with van der Waals surface area (Å²) in [5.41, 5.74) is 0.754. The summed E-state index contributed by atoms with van der Waals surface area (Å²) in [6.07, 6.45) is 1.75. The molecule has 1 aromatic rings. The third kappa shape index (κ3) is 6.96. The van der Waals surface area contributed by atoms with Gasteiger partial charge in [-0.1, -0.05) is 6.92 Å². The summed E-state index contributed by atoms with van der Waals surface area (Å²) in [5, 5.41) is 12.0. The zero-order valence-electron chi connectivity index (χ0n) is 16.9. The zero-order chi connectivity index (χ0) is 19.8. The molecule has 0 bridgehead atoms. The number of benzene rings is 1. The van der Waals surface area contributed by atoms with Gasteiger partial charge in [0.05, 0.1) is 19.2 Å². The van der Waals surface area contributed by atoms with E-state index in [9.17, 15) is 9.59 Å². The Hall–Kier alpha value is -1.83. The van der Waals surface area contributed by atoms with E-state index in [1.807, 2.05) is 49.9 Å². The van der Waals surface area contributed by atoms with Crippen molar-refractivity contribution in [2.75, 3.05) is 38.1 Å². The Morgan fingerprint density at radius 1 is 1.25 bits per heavy atom. The maximum absolute atomic E-state index is 12.6. The van der Waals surface area contributed by atoms with Crippen LogP contribution in [-0.4, -0.2) is 71.7 Å². The fourth-order valence-corrected chi connectivity index (χ4v) is 3.52. The molecule has 1 aliphatic rings. The van der Waals surface area contributed by atoms with Crippen LogP contribution in [0.1, 0.15) is 33.6 Å². The average Bonchev–Trinajstić information content (AvgIpc) is 2.67. The quantitative estimate of drug-likeness (QED) is 0.647. The number of carbonyl (C=O) groups is 2. The Morgan fingerprint density at radius 2 is 1.86 bits per heavy atom. The number of ether oxygens (including phenoxy) is 1. The molecule has 0 saturated carbocycles. The minimum absolute atomic E-state index is 0. The van der Waals surface area contributed by atoms with Gasteiger partial charge in [-0.05, 0) is 57.5 Å². The van der Waals surface area contributed by atoms with Gasteiger partial charge in [0.15, 0.2) is 0 Å². The van der Waals surface area contributed by atoms with Crippen molar-refractivity contribution in [3.63, 3.8) is 0 Å². The molecule has 2 rings (SSSR count). The van der Waals surface area contributed by atoms with Crippen LogP contribution in [0.15, 0.2) is 24.3 Å². The highest BCUT2D eigenvalue weighted by Crippen LogP contribution is 2.20. The lowest BCUT2D eigenvalue weighted by Crippen LogP contribution is -2.51. The van der Waals surface area contributed by atoms with Crippen molar-refractivity contribution in [2.24, 2.45) is 0 Å². The Labute approximate surface area is 173 Å². The van der Waals surface area contributed by atoms with Crippen molar-refractivity contribution in [1.82, 2.24) is 9.80 Å². The average molecular weight is 414 g/mol. The van der Waals surface area contributed by atoms with Crippen LogP contribution in [0.4, 0.5) is 5.69 Å². The fraction of sp³-hybridized carbons (Fsp3) is 0.600. The number of piperidine rings is 1. The second kappa shape index (κ2) is 11.9. The number of carbonyl (C=O) groups excluding carboxylic acids is 1. The molecule has 0 aliphatic carbocycles. The number of hydrogen-bond acceptors (Lipinski definition) is 5. The molecule has 8 heteroatoms. The van der Waals surface area contributed by atoms with E-state index in [2.05, 4.69) is 10.2 Å². The van der Waals surface area contributed by atoms with Gasteiger partial charge < -0.3 is 15.2 Å². The van der Waals surface area contributed by atoms with Crippen LogP contribution in [0.2, 0.25) is 0 Å². The monoisotopic (exact) mass is 413 g/mol. The smallest absolute Gasteiger partial charge is 0.317 e. The normalized spacial score (nSPS) is 16.3. The maximum Gasteiger partial charge on any atom is 0.317 e. The van der Waals surface area contributed by atoms with Crippen molar-refractivity contribution in [2.45, 2.75) is 45.7 Å². The van der Waals surface area contributed by atoms with Gasteiger partial charge in [0.25, 0.3) is 0 Å². The van der Waals surface area contributed by atoms with E-state index < -0.39 is 5.97 Å². The first kappa shape index (κ1) is 24.2. The van der Waals surface area contributed by atoms with Gasteiger partial charge in [-0.25, -0.2) is 0 Å². The molecule has 28 heavy (non-hydrogen) atoms. The Kier molecular flexibility index (Phi) is 10.3. The number of likely N-dealkylation sites (N-methyl/N-ethyl adjacent to an activating group) is 1. The molecule has 2 N–H and O–H groups in total. The Balaban J connectivity index is 0.00000392. The van der Waals surface area contributed by atoms with Crippen LogP contribution in [0.5, 0.6) is 5.75 Å². The third-order valence-electron chi connectivity index (χ3n) is 5.12. The number of anilines is 1. The second-order valence-corrected chi connectivity index (χ2v) is 6.85. The highest BCUT2D eigenvalue weighted by Gasteiger charge is 2.29. The molecule has 1 amide bonds. The van der Waals surface area contributed by atoms with Crippen LogP contribution in [0.3, 0.4) is 0 Å². The number of carboxylic acids is 1. The summed E-state index contributed by atoms with van der Waals surface area (Å²) in [7, 11) is 0. The van der Waals surface area contributed by atoms with Gasteiger partial charge in [0.2, 0.25) is 5.91 Å². The molecular weight excluding hydrogens is 382 g/mol. The highest BCUT2D eigenvalue weighted by molar-refractivity contribution is 5.94. The summed E-state index contributed by atoms with van der Waals surface area (Å²) in [5.74, 6) is -0.0367. The maximum atomic E-state index is 12.6. The van der Waals surface area contributed by atoms with E-state index in [-0.39, 0.29) is 36.9 Å². The molecule has 0 aromatic heterocycles. The lowest BCUT2D eigenvalue weighted by Gasteiger charge is -2.39. The molecule has 1 atom stereocenters. The minimum atomic E-state index is -0.789. The zero-order valence-corrected chi connectivity index (χ0v) is 17.7. The first-order valence-corrected chi connectivity index (χ1v) is 9.68. The standard InChI is InChI=1S/C20H31N3O4.ClH/c1-4-22(14-19(24)25)17-10-12-23(13-11-17)15(3)20(26)21-16-6-8-18(9-7-16)27-5-2;/h6-9,15,17H,4-5,10-14H2,1-3H3,(H,21,26)(H,24,25);1H. The van der Waals surface area contributed by atoms with E-state index in [1.54, 1.807) is 0 Å². The number of nitrogens with zero attached hydrogens (tertiary/aromatic N) is 2. The summed E-state index contributed by atoms with van der Waals surface area (Å²) in [6.45, 7) is 8.83. The molecule has 7 nitrogen and oxygen atoms in total. The van der Waals surface area contributed by atoms with E-state index in [0.29, 0.717) is 6.61 Å². The Bertz CT molecular complexity index is 618. The largest absolute Gasteiger partial charge is 0.494 e. The number of aliphatic carboxylic acids is 1. The van der Waals surface area contributed by atoms with Crippen molar-refractivity contribution in [3.8, 4) is 5.75 Å². The SMILES string of the molecule is CCOc1ccc(NC(=O)C(C)N2CCC(N(CC)CC(=O)O)CC2)cc1.Cl. The molecule has 1 heterocycles. The summed E-state index contributed by atoms with van der Waals surface area (Å²) in [4.78, 5) is 27.7. The van der Waals surface area contributed by atoms with Crippen LogP contribution < -0.4 is 10.1 Å². The first-order chi connectivity index (χ1) is 12.9. The molecule has 1 aromatic carbocycles. The lowest BCUT2D eigenvalue weighted by atomic mass is 10.0. The number of hydrogen-bond donors (Lipinski definition) is 2. The van der Waals surface area contributed by atoms with Gasteiger partial charge in [0, 0.05) is 24.8 Å². The van der Waals surface area contributed by atoms with Gasteiger partial charge in [-0.2, -0.15) is 0 Å². The second-order valence-electron chi connectivity index (χ2n) is 6.85. The van der Waals surface area contributed by atoms with Crippen molar-refractivity contribution >= 4 is 30.0 Å². The molecule has 1 unspecified atom stereocenters. The molecule has 0 radical (unpaired) electrons. The highest BCUT2D eigenvalue weighted by atomic mass is 35.5. The number of halogens is 1. The third-order valence-corrected chi connectivity index (χ3v) is 5.12. The summed E-state index contributed by atoms with van der Waals surface area (Å²) in [6, 6.07) is 7.41. The van der Waals surface area contributed by atoms with Crippen molar-refractivity contribution < 1.29 is 19.4 Å². The van der Waals surface area contributed by atoms with Gasteiger partial charge in [0.1, 0.15) is 5.75 Å². The Morgan fingerprint density at radius 3 is 2.36 bits per heavy atom. The van der Waals surface area contributed by atoms with Gasteiger partial charge in [-0.15, -0.1) is 12.4 Å². The van der Waals surface area contributed by atoms with E-state index >= 15 is 0 Å². The number of amides is 1. The van der Waals surface area contributed by atoms with E-state index in [0.717, 1.165) is 43.9 Å². The fourth-order valence-electron chi connectivity index (χ4n) is 3.52. The molecule has 0 spiro atoms. The van der Waals surface area contributed by atoms with E-state index in [1.165, 1.54) is 0 Å². The minimum Gasteiger partial charge on any atom is -0.494 e. The van der Waals surface area contributed by atoms with Crippen molar-refractivity contribution in [3.05, 3.63) is 24.3 Å². The molecule has 158 valence electrons. The number of nitrogens with one attached hydrogen (secondary N) is 1. The van der Waals surface area contributed by atoms with E-state index in [4.69, 9.17) is 9.84 Å². The van der Waals surface area contributed by atoms with Crippen LogP contribution in [0, 0.1) is 0 Å². The molecule has 1 saturated heterocycles. The van der Waals surface area contributed by atoms with Gasteiger partial charge >= 0.3 is 5.97 Å². The lowest BCUT2D eigenvalue weighted by molar-refractivity contribution is -0.139. The topological polar surface area (TPSA) is 82.1 Å². The predicted molar refractivity (Wildman–Crippen MR) is 112 cm³/mol. The molecule has 1 aliphatic heterocycles. The molecular formula is C20H32ClN3O4. The van der Waals surface area contributed by atoms with Crippen molar-refractivity contribution in [1.29, 1.82) is 0 Å². The molecule has 1 fully saturated rings. The summed E-state index contributed by atoms with van der Waals surface area (Å²) < 4.78 is 5.41. The number of rotatable bonds is 9. The number of likely N-dealkylation sites (tertiary alicyclic amines) is 1. The summed E-state index contributed by atoms with van der Waals surface area (Å²) >= 11 is 0. The number of carboxylic acid groups (broad SMARTS) is 1. The predicted octanol–water partition coefficient (Wildman–Crippen LogP) is 2.71. The van der Waals surface area contributed by atoms with Crippen LogP contribution >= 0.6 is 12.4 Å². The van der Waals surface area contributed by atoms with Gasteiger partial charge in [-0.3, -0.25) is 19.4 Å².